The first-order chi connectivity index (χ1) is 10.2. The number of hydrogen-bond donors (Lipinski definition) is 2. The zero-order valence-electron chi connectivity index (χ0n) is 12.5. The summed E-state index contributed by atoms with van der Waals surface area (Å²) in [5, 5.41) is 5.71. The normalized spacial score (nSPS) is 21.4. The van der Waals surface area contributed by atoms with Crippen LogP contribution in [0.15, 0.2) is 12.4 Å². The molecule has 0 radical (unpaired) electrons. The molecule has 1 aliphatic carbocycles. The average molecular weight is 294 g/mol. The fourth-order valence-corrected chi connectivity index (χ4v) is 2.38. The number of urea groups is 1. The van der Waals surface area contributed by atoms with Crippen molar-refractivity contribution in [2.24, 2.45) is 0 Å². The van der Waals surface area contributed by atoms with E-state index in [-0.39, 0.29) is 18.2 Å². The van der Waals surface area contributed by atoms with Crippen LogP contribution >= 0.6 is 0 Å². The van der Waals surface area contributed by atoms with Crippen LogP contribution in [0, 0.1) is 0 Å². The molecular weight excluding hydrogens is 272 g/mol. The second kappa shape index (κ2) is 7.66. The minimum absolute atomic E-state index is 0.0967. The molecule has 0 saturated heterocycles. The number of carbonyl (C=O) groups excluding carboxylic acids is 1. The highest BCUT2D eigenvalue weighted by molar-refractivity contribution is 5.74. The molecule has 0 aliphatic heterocycles. The largest absolute Gasteiger partial charge is 0.480 e. The zero-order valence-corrected chi connectivity index (χ0v) is 12.5. The van der Waals surface area contributed by atoms with E-state index in [1.807, 2.05) is 6.92 Å². The van der Waals surface area contributed by atoms with Crippen molar-refractivity contribution < 1.29 is 14.3 Å². The number of rotatable bonds is 5. The average Bonchev–Trinajstić information content (AvgIpc) is 2.50. The van der Waals surface area contributed by atoms with Crippen molar-refractivity contribution in [3.05, 3.63) is 12.4 Å². The van der Waals surface area contributed by atoms with Gasteiger partial charge in [-0.1, -0.05) is 0 Å². The van der Waals surface area contributed by atoms with E-state index >= 15 is 0 Å². The van der Waals surface area contributed by atoms with Crippen molar-refractivity contribution in [2.75, 3.05) is 13.7 Å². The molecule has 2 N–H and O–H groups in total. The van der Waals surface area contributed by atoms with E-state index in [9.17, 15) is 4.79 Å². The van der Waals surface area contributed by atoms with Gasteiger partial charge in [0.2, 0.25) is 11.8 Å². The summed E-state index contributed by atoms with van der Waals surface area (Å²) in [7, 11) is 1.55. The monoisotopic (exact) mass is 294 g/mol. The van der Waals surface area contributed by atoms with Gasteiger partial charge < -0.3 is 20.1 Å². The summed E-state index contributed by atoms with van der Waals surface area (Å²) < 4.78 is 10.8. The van der Waals surface area contributed by atoms with Crippen LogP contribution in [-0.2, 0) is 0 Å². The first-order valence-electron chi connectivity index (χ1n) is 7.28. The molecule has 1 aromatic rings. The Morgan fingerprint density at radius 3 is 2.67 bits per heavy atom. The molecule has 0 unspecified atom stereocenters. The van der Waals surface area contributed by atoms with E-state index in [4.69, 9.17) is 9.47 Å². The molecule has 1 fully saturated rings. The molecule has 2 amide bonds. The third-order valence-electron chi connectivity index (χ3n) is 3.43. The quantitative estimate of drug-likeness (QED) is 0.859. The van der Waals surface area contributed by atoms with Crippen LogP contribution in [0.2, 0.25) is 0 Å². The molecule has 116 valence electrons. The highest BCUT2D eigenvalue weighted by Crippen LogP contribution is 2.23. The van der Waals surface area contributed by atoms with Crippen molar-refractivity contribution >= 4 is 6.03 Å². The lowest BCUT2D eigenvalue weighted by Crippen LogP contribution is -2.44. The Morgan fingerprint density at radius 2 is 2.00 bits per heavy atom. The molecule has 7 nitrogen and oxygen atoms in total. The maximum Gasteiger partial charge on any atom is 0.314 e. The maximum atomic E-state index is 11.5. The van der Waals surface area contributed by atoms with Gasteiger partial charge >= 0.3 is 6.03 Å². The van der Waals surface area contributed by atoms with Crippen LogP contribution in [0.25, 0.3) is 0 Å². The van der Waals surface area contributed by atoms with E-state index in [2.05, 4.69) is 20.6 Å². The highest BCUT2D eigenvalue weighted by atomic mass is 16.5. The molecule has 21 heavy (non-hydrogen) atoms. The van der Waals surface area contributed by atoms with Crippen molar-refractivity contribution in [1.82, 2.24) is 20.6 Å². The number of nitrogens with one attached hydrogen (secondary N) is 2. The Morgan fingerprint density at radius 1 is 1.29 bits per heavy atom. The first kappa shape index (κ1) is 15.3. The number of amides is 2. The predicted octanol–water partition coefficient (Wildman–Crippen LogP) is 1.49. The van der Waals surface area contributed by atoms with E-state index in [0.717, 1.165) is 25.7 Å². The molecule has 0 atom stereocenters. The number of nitrogens with zero attached hydrogens (tertiary/aromatic N) is 2. The highest BCUT2D eigenvalue weighted by Gasteiger charge is 2.23. The summed E-state index contributed by atoms with van der Waals surface area (Å²) in [6, 6.07) is 0.119. The number of hydrogen-bond acceptors (Lipinski definition) is 5. The van der Waals surface area contributed by atoms with Gasteiger partial charge in [0.05, 0.1) is 19.5 Å². The second-order valence-electron chi connectivity index (χ2n) is 4.99. The van der Waals surface area contributed by atoms with Gasteiger partial charge in [0.15, 0.2) is 0 Å². The summed E-state index contributed by atoms with van der Waals surface area (Å²) in [5.74, 6) is 0.925. The molecule has 1 aromatic heterocycles. The lowest BCUT2D eigenvalue weighted by Gasteiger charge is -2.29. The number of ether oxygens (including phenoxy) is 2. The predicted molar refractivity (Wildman–Crippen MR) is 77.5 cm³/mol. The molecule has 7 heteroatoms. The molecule has 1 heterocycles. The topological polar surface area (TPSA) is 85.4 Å². The van der Waals surface area contributed by atoms with Crippen molar-refractivity contribution in [1.29, 1.82) is 0 Å². The Hall–Kier alpha value is -2.05. The minimum atomic E-state index is -0.0967. The van der Waals surface area contributed by atoms with Crippen LogP contribution in [0.5, 0.6) is 11.8 Å². The summed E-state index contributed by atoms with van der Waals surface area (Å²) >= 11 is 0. The third-order valence-corrected chi connectivity index (χ3v) is 3.43. The number of carbonyl (C=O) groups is 1. The van der Waals surface area contributed by atoms with Crippen LogP contribution in [0.1, 0.15) is 32.6 Å². The van der Waals surface area contributed by atoms with Gasteiger partial charge in [-0.05, 0) is 32.6 Å². The van der Waals surface area contributed by atoms with Crippen LogP contribution < -0.4 is 20.1 Å². The number of methoxy groups -OCH3 is 1. The molecule has 1 aliphatic rings. The molecule has 2 rings (SSSR count). The molecule has 0 aromatic carbocycles. The Labute approximate surface area is 124 Å². The summed E-state index contributed by atoms with van der Waals surface area (Å²) in [5.41, 5.74) is 0. The molecular formula is C14H22N4O3. The van der Waals surface area contributed by atoms with Gasteiger partial charge in [-0.25, -0.2) is 4.79 Å². The standard InChI is InChI=1S/C14H22N4O3/c1-3-16-14(19)17-10-4-6-11(7-5-10)21-13-9-15-8-12(18-13)20-2/h8-11H,3-7H2,1-2H3,(H2,16,17,19). The van der Waals surface area contributed by atoms with Crippen molar-refractivity contribution in [3.8, 4) is 11.8 Å². The lowest BCUT2D eigenvalue weighted by atomic mass is 9.93. The smallest absolute Gasteiger partial charge is 0.314 e. The van der Waals surface area contributed by atoms with Crippen LogP contribution in [0.4, 0.5) is 4.79 Å². The Bertz CT molecular complexity index is 461. The van der Waals surface area contributed by atoms with E-state index < -0.39 is 0 Å². The van der Waals surface area contributed by atoms with E-state index in [0.29, 0.717) is 18.3 Å². The van der Waals surface area contributed by atoms with Gasteiger partial charge in [-0.15, -0.1) is 0 Å². The fourth-order valence-electron chi connectivity index (χ4n) is 2.38. The SMILES string of the molecule is CCNC(=O)NC1CCC(Oc2cncc(OC)n2)CC1. The van der Waals surface area contributed by atoms with Gasteiger partial charge in [0, 0.05) is 12.6 Å². The maximum absolute atomic E-state index is 11.5. The minimum Gasteiger partial charge on any atom is -0.480 e. The first-order valence-corrected chi connectivity index (χ1v) is 7.28. The van der Waals surface area contributed by atoms with Gasteiger partial charge in [0.25, 0.3) is 0 Å². The van der Waals surface area contributed by atoms with Gasteiger partial charge in [-0.3, -0.25) is 4.98 Å². The van der Waals surface area contributed by atoms with E-state index in [1.165, 1.54) is 0 Å². The summed E-state index contributed by atoms with van der Waals surface area (Å²) in [6.07, 6.45) is 6.81. The summed E-state index contributed by atoms with van der Waals surface area (Å²) in [6.45, 7) is 2.54. The van der Waals surface area contributed by atoms with E-state index in [1.54, 1.807) is 19.5 Å². The Kier molecular flexibility index (Phi) is 5.59. The van der Waals surface area contributed by atoms with Gasteiger partial charge in [0.1, 0.15) is 6.10 Å². The molecule has 0 bridgehead atoms. The van der Waals surface area contributed by atoms with Crippen LogP contribution in [0.3, 0.4) is 0 Å². The zero-order chi connectivity index (χ0) is 15.1. The molecule has 0 spiro atoms. The summed E-state index contributed by atoms with van der Waals surface area (Å²) in [4.78, 5) is 19.7. The molecule has 1 saturated carbocycles. The lowest BCUT2D eigenvalue weighted by molar-refractivity contribution is 0.133. The van der Waals surface area contributed by atoms with Crippen molar-refractivity contribution in [2.45, 2.75) is 44.8 Å². The second-order valence-corrected chi connectivity index (χ2v) is 4.99. The van der Waals surface area contributed by atoms with Gasteiger partial charge in [-0.2, -0.15) is 4.98 Å². The fraction of sp³-hybridized carbons (Fsp3) is 0.643. The Balaban J connectivity index is 1.77. The van der Waals surface area contributed by atoms with Crippen molar-refractivity contribution in [3.63, 3.8) is 0 Å². The third kappa shape index (κ3) is 4.77. The van der Waals surface area contributed by atoms with Crippen LogP contribution in [-0.4, -0.2) is 41.8 Å². The number of aromatic nitrogens is 2.